The van der Waals surface area contributed by atoms with Gasteiger partial charge in [-0.1, -0.05) is 31.5 Å². The summed E-state index contributed by atoms with van der Waals surface area (Å²) in [5, 5.41) is 3.99. The number of benzene rings is 1. The van der Waals surface area contributed by atoms with Crippen molar-refractivity contribution in [3.8, 4) is 5.75 Å². The lowest BCUT2D eigenvalue weighted by Gasteiger charge is -2.32. The van der Waals surface area contributed by atoms with Crippen LogP contribution >= 0.6 is 11.6 Å². The maximum Gasteiger partial charge on any atom is 0.121 e. The highest BCUT2D eigenvalue weighted by atomic mass is 35.5. The van der Waals surface area contributed by atoms with Crippen molar-refractivity contribution >= 4 is 11.6 Å². The van der Waals surface area contributed by atoms with E-state index in [1.165, 1.54) is 6.42 Å². The van der Waals surface area contributed by atoms with Crippen LogP contribution in [0.3, 0.4) is 0 Å². The third kappa shape index (κ3) is 3.67. The van der Waals surface area contributed by atoms with E-state index in [1.54, 1.807) is 0 Å². The fourth-order valence-electron chi connectivity index (χ4n) is 2.89. The van der Waals surface area contributed by atoms with Gasteiger partial charge in [0.25, 0.3) is 0 Å². The van der Waals surface area contributed by atoms with Crippen LogP contribution in [0.4, 0.5) is 0 Å². The molecule has 0 saturated heterocycles. The van der Waals surface area contributed by atoms with E-state index in [1.807, 2.05) is 19.2 Å². The summed E-state index contributed by atoms with van der Waals surface area (Å²) in [5.74, 6) is 2.46. The second-order valence-corrected chi connectivity index (χ2v) is 6.61. The lowest BCUT2D eigenvalue weighted by Crippen LogP contribution is -2.28. The topological polar surface area (TPSA) is 21.3 Å². The van der Waals surface area contributed by atoms with E-state index in [2.05, 4.69) is 32.2 Å². The molecule has 3 heteroatoms. The first-order valence-electron chi connectivity index (χ1n) is 7.64. The monoisotopic (exact) mass is 295 g/mol. The van der Waals surface area contributed by atoms with Crippen molar-refractivity contribution in [1.82, 2.24) is 5.32 Å². The predicted molar refractivity (Wildman–Crippen MR) is 85.5 cm³/mol. The molecule has 0 amide bonds. The number of halogens is 1. The van der Waals surface area contributed by atoms with E-state index in [9.17, 15) is 0 Å². The normalized spacial score (nSPS) is 28.1. The Balaban J connectivity index is 2.02. The van der Waals surface area contributed by atoms with Crippen LogP contribution in [-0.4, -0.2) is 13.2 Å². The summed E-state index contributed by atoms with van der Waals surface area (Å²) >= 11 is 6.35. The van der Waals surface area contributed by atoms with Gasteiger partial charge in [-0.05, 0) is 62.8 Å². The molecule has 1 aromatic carbocycles. The number of rotatable bonds is 4. The second kappa shape index (κ2) is 6.82. The first kappa shape index (κ1) is 15.7. The van der Waals surface area contributed by atoms with Crippen LogP contribution in [-0.2, 0) is 0 Å². The van der Waals surface area contributed by atoms with Crippen molar-refractivity contribution in [1.29, 1.82) is 0 Å². The third-order valence-electron chi connectivity index (χ3n) is 4.72. The van der Waals surface area contributed by atoms with Crippen molar-refractivity contribution < 1.29 is 4.74 Å². The largest absolute Gasteiger partial charge is 0.490 e. The highest BCUT2D eigenvalue weighted by molar-refractivity contribution is 6.31. The Morgan fingerprint density at radius 2 is 2.00 bits per heavy atom. The summed E-state index contributed by atoms with van der Waals surface area (Å²) in [7, 11) is 1.94. The van der Waals surface area contributed by atoms with Crippen LogP contribution in [0.15, 0.2) is 18.2 Å². The molecule has 1 aliphatic carbocycles. The third-order valence-corrected chi connectivity index (χ3v) is 5.05. The van der Waals surface area contributed by atoms with Gasteiger partial charge >= 0.3 is 0 Å². The van der Waals surface area contributed by atoms with Crippen molar-refractivity contribution in [2.45, 2.75) is 52.2 Å². The zero-order valence-electron chi connectivity index (χ0n) is 12.9. The quantitative estimate of drug-likeness (QED) is 0.859. The van der Waals surface area contributed by atoms with Crippen LogP contribution in [0.2, 0.25) is 5.02 Å². The maximum atomic E-state index is 6.35. The molecule has 112 valence electrons. The van der Waals surface area contributed by atoms with Crippen LogP contribution in [0.1, 0.15) is 51.6 Å². The molecule has 1 aliphatic rings. The molecule has 1 saturated carbocycles. The molecule has 0 aromatic heterocycles. The van der Waals surface area contributed by atoms with E-state index < -0.39 is 0 Å². The van der Waals surface area contributed by atoms with Crippen molar-refractivity contribution in [3.05, 3.63) is 28.8 Å². The van der Waals surface area contributed by atoms with E-state index in [4.69, 9.17) is 16.3 Å². The fourth-order valence-corrected chi connectivity index (χ4v) is 3.22. The summed E-state index contributed by atoms with van der Waals surface area (Å²) in [6.07, 6.45) is 3.89. The maximum absolute atomic E-state index is 6.35. The SMILES string of the molecule is CNC(C)c1ccc(OC2CCC(C)C(C)C2)cc1Cl. The Bertz CT molecular complexity index is 449. The summed E-state index contributed by atoms with van der Waals surface area (Å²) in [4.78, 5) is 0. The van der Waals surface area contributed by atoms with Gasteiger partial charge in [-0.15, -0.1) is 0 Å². The molecule has 4 unspecified atom stereocenters. The fraction of sp³-hybridized carbons (Fsp3) is 0.647. The molecule has 1 fully saturated rings. The smallest absolute Gasteiger partial charge is 0.121 e. The number of hydrogen-bond acceptors (Lipinski definition) is 2. The Kier molecular flexibility index (Phi) is 5.34. The summed E-state index contributed by atoms with van der Waals surface area (Å²) in [5.41, 5.74) is 1.12. The first-order chi connectivity index (χ1) is 9.51. The number of nitrogens with one attached hydrogen (secondary N) is 1. The molecule has 0 aliphatic heterocycles. The Morgan fingerprint density at radius 1 is 1.25 bits per heavy atom. The summed E-state index contributed by atoms with van der Waals surface area (Å²) in [6.45, 7) is 6.77. The van der Waals surface area contributed by atoms with E-state index in [-0.39, 0.29) is 6.04 Å². The highest BCUT2D eigenvalue weighted by Crippen LogP contribution is 2.33. The van der Waals surface area contributed by atoms with Gasteiger partial charge in [-0.3, -0.25) is 0 Å². The molecule has 4 atom stereocenters. The van der Waals surface area contributed by atoms with E-state index in [0.29, 0.717) is 6.10 Å². The average molecular weight is 296 g/mol. The van der Waals surface area contributed by atoms with Gasteiger partial charge in [0.05, 0.1) is 6.10 Å². The first-order valence-corrected chi connectivity index (χ1v) is 8.02. The minimum atomic E-state index is 0.257. The van der Waals surface area contributed by atoms with Gasteiger partial charge in [-0.25, -0.2) is 0 Å². The van der Waals surface area contributed by atoms with E-state index in [0.717, 1.165) is 41.0 Å². The van der Waals surface area contributed by atoms with Crippen LogP contribution in [0.5, 0.6) is 5.75 Å². The Labute approximate surface area is 127 Å². The lowest BCUT2D eigenvalue weighted by atomic mass is 9.80. The van der Waals surface area contributed by atoms with Gasteiger partial charge in [0.1, 0.15) is 5.75 Å². The van der Waals surface area contributed by atoms with Crippen LogP contribution in [0, 0.1) is 11.8 Å². The molecule has 0 heterocycles. The second-order valence-electron chi connectivity index (χ2n) is 6.20. The molecule has 2 rings (SSSR count). The molecule has 20 heavy (non-hydrogen) atoms. The van der Waals surface area contributed by atoms with Crippen molar-refractivity contribution in [3.63, 3.8) is 0 Å². The molecule has 1 aromatic rings. The molecule has 0 bridgehead atoms. The lowest BCUT2D eigenvalue weighted by molar-refractivity contribution is 0.101. The summed E-state index contributed by atoms with van der Waals surface area (Å²) in [6, 6.07) is 6.31. The van der Waals surface area contributed by atoms with Crippen LogP contribution in [0.25, 0.3) is 0 Å². The van der Waals surface area contributed by atoms with Crippen molar-refractivity contribution in [2.75, 3.05) is 7.05 Å². The Hall–Kier alpha value is -0.730. The standard InChI is InChI=1S/C17H26ClNO/c1-11-5-6-14(9-12(11)2)20-15-7-8-16(13(3)19-4)17(18)10-15/h7-8,10-14,19H,5-6,9H2,1-4H3. The van der Waals surface area contributed by atoms with Gasteiger partial charge in [0.15, 0.2) is 0 Å². The molecule has 0 radical (unpaired) electrons. The van der Waals surface area contributed by atoms with Gasteiger partial charge in [0, 0.05) is 11.1 Å². The Morgan fingerprint density at radius 3 is 2.60 bits per heavy atom. The minimum Gasteiger partial charge on any atom is -0.490 e. The average Bonchev–Trinajstić information content (AvgIpc) is 2.42. The molecule has 1 N–H and O–H groups in total. The molecular formula is C17H26ClNO. The minimum absolute atomic E-state index is 0.257. The number of hydrogen-bond donors (Lipinski definition) is 1. The summed E-state index contributed by atoms with van der Waals surface area (Å²) < 4.78 is 6.12. The highest BCUT2D eigenvalue weighted by Gasteiger charge is 2.25. The predicted octanol–water partition coefficient (Wildman–Crippen LogP) is 4.82. The zero-order chi connectivity index (χ0) is 14.7. The number of ether oxygens (including phenoxy) is 1. The van der Waals surface area contributed by atoms with Gasteiger partial charge in [-0.2, -0.15) is 0 Å². The van der Waals surface area contributed by atoms with Crippen LogP contribution < -0.4 is 10.1 Å². The molecule has 0 spiro atoms. The molecular weight excluding hydrogens is 270 g/mol. The van der Waals surface area contributed by atoms with Crippen molar-refractivity contribution in [2.24, 2.45) is 11.8 Å². The van der Waals surface area contributed by atoms with Gasteiger partial charge in [0.2, 0.25) is 0 Å². The zero-order valence-corrected chi connectivity index (χ0v) is 13.7. The van der Waals surface area contributed by atoms with E-state index >= 15 is 0 Å². The van der Waals surface area contributed by atoms with Gasteiger partial charge < -0.3 is 10.1 Å². The molecule has 2 nitrogen and oxygen atoms in total.